The van der Waals surface area contributed by atoms with E-state index in [4.69, 9.17) is 0 Å². The van der Waals surface area contributed by atoms with E-state index in [2.05, 4.69) is 4.72 Å². The zero-order valence-electron chi connectivity index (χ0n) is 8.87. The molecule has 2 rings (SSSR count). The molecule has 4 nitrogen and oxygen atoms in total. The van der Waals surface area contributed by atoms with E-state index >= 15 is 0 Å². The Kier molecular flexibility index (Phi) is 3.62. The molecule has 0 fully saturated rings. The lowest BCUT2D eigenvalue weighted by molar-refractivity contribution is -0.385. The predicted octanol–water partition coefficient (Wildman–Crippen LogP) is 3.71. The van der Waals surface area contributed by atoms with Gasteiger partial charge in [-0.2, -0.15) is 0 Å². The normalized spacial score (nSPS) is 9.88. The Balaban J connectivity index is 2.04. The van der Waals surface area contributed by atoms with E-state index in [9.17, 15) is 10.1 Å². The first-order valence-corrected chi connectivity index (χ1v) is 5.80. The maximum atomic E-state index is 10.6. The van der Waals surface area contributed by atoms with Gasteiger partial charge in [-0.15, -0.1) is 0 Å². The van der Waals surface area contributed by atoms with Gasteiger partial charge in [-0.25, -0.2) is 0 Å². The average Bonchev–Trinajstić information content (AvgIpc) is 2.38. The Morgan fingerprint density at radius 2 is 1.82 bits per heavy atom. The first-order chi connectivity index (χ1) is 8.25. The van der Waals surface area contributed by atoms with Gasteiger partial charge in [0.1, 0.15) is 0 Å². The van der Waals surface area contributed by atoms with Crippen molar-refractivity contribution in [2.45, 2.75) is 4.90 Å². The standard InChI is InChI=1S/C12H10N2O2S/c15-14(16)11-7-4-8-12(9-11)17-13-10-5-2-1-3-6-10/h1-9,13H. The fourth-order valence-electron chi connectivity index (χ4n) is 1.28. The van der Waals surface area contributed by atoms with Crippen molar-refractivity contribution in [3.8, 4) is 0 Å². The number of nitro benzene ring substituents is 1. The van der Waals surface area contributed by atoms with Gasteiger partial charge in [-0.05, 0) is 30.1 Å². The second-order valence-electron chi connectivity index (χ2n) is 3.32. The van der Waals surface area contributed by atoms with Crippen molar-refractivity contribution in [3.63, 3.8) is 0 Å². The summed E-state index contributed by atoms with van der Waals surface area (Å²) in [6, 6.07) is 16.2. The molecule has 0 aliphatic heterocycles. The van der Waals surface area contributed by atoms with Crippen LogP contribution >= 0.6 is 11.9 Å². The van der Waals surface area contributed by atoms with E-state index in [0.717, 1.165) is 10.6 Å². The Bertz CT molecular complexity index is 517. The van der Waals surface area contributed by atoms with Crippen molar-refractivity contribution >= 4 is 23.3 Å². The number of para-hydroxylation sites is 1. The van der Waals surface area contributed by atoms with Crippen LogP contribution < -0.4 is 4.72 Å². The highest BCUT2D eigenvalue weighted by atomic mass is 32.2. The third-order valence-corrected chi connectivity index (χ3v) is 2.92. The number of non-ortho nitro benzene ring substituents is 1. The minimum Gasteiger partial charge on any atom is -0.326 e. The molecular formula is C12H10N2O2S. The number of nitrogens with zero attached hydrogens (tertiary/aromatic N) is 1. The summed E-state index contributed by atoms with van der Waals surface area (Å²) in [5, 5.41) is 10.6. The van der Waals surface area contributed by atoms with E-state index in [0.29, 0.717) is 0 Å². The lowest BCUT2D eigenvalue weighted by atomic mass is 10.3. The van der Waals surface area contributed by atoms with Gasteiger partial charge in [0.25, 0.3) is 5.69 Å². The summed E-state index contributed by atoms with van der Waals surface area (Å²) < 4.78 is 3.12. The largest absolute Gasteiger partial charge is 0.326 e. The van der Waals surface area contributed by atoms with Gasteiger partial charge in [-0.3, -0.25) is 10.1 Å². The molecule has 86 valence electrons. The lowest BCUT2D eigenvalue weighted by Crippen LogP contribution is -1.89. The number of rotatable bonds is 4. The van der Waals surface area contributed by atoms with Crippen LogP contribution in [0.4, 0.5) is 11.4 Å². The minimum atomic E-state index is -0.396. The quantitative estimate of drug-likeness (QED) is 0.507. The summed E-state index contributed by atoms with van der Waals surface area (Å²) in [4.78, 5) is 11.0. The topological polar surface area (TPSA) is 55.2 Å². The van der Waals surface area contributed by atoms with Crippen molar-refractivity contribution in [2.24, 2.45) is 0 Å². The number of hydrogen-bond donors (Lipinski definition) is 1. The van der Waals surface area contributed by atoms with Gasteiger partial charge in [-0.1, -0.05) is 24.3 Å². The van der Waals surface area contributed by atoms with Crippen molar-refractivity contribution in [3.05, 3.63) is 64.7 Å². The third kappa shape index (κ3) is 3.22. The minimum absolute atomic E-state index is 0.102. The molecule has 0 amide bonds. The number of nitro groups is 1. The molecule has 0 unspecified atom stereocenters. The maximum Gasteiger partial charge on any atom is 0.270 e. The Hall–Kier alpha value is -2.01. The molecule has 5 heteroatoms. The van der Waals surface area contributed by atoms with Crippen molar-refractivity contribution in [1.82, 2.24) is 0 Å². The van der Waals surface area contributed by atoms with E-state index in [1.807, 2.05) is 36.4 Å². The van der Waals surface area contributed by atoms with Crippen LogP contribution in [0, 0.1) is 10.1 Å². The molecule has 0 aliphatic rings. The number of nitrogens with one attached hydrogen (secondary N) is 1. The summed E-state index contributed by atoms with van der Waals surface area (Å²) in [5.41, 5.74) is 1.06. The van der Waals surface area contributed by atoms with Crippen LogP contribution in [-0.2, 0) is 0 Å². The number of hydrogen-bond acceptors (Lipinski definition) is 4. The molecule has 0 saturated carbocycles. The van der Waals surface area contributed by atoms with Crippen LogP contribution in [0.15, 0.2) is 59.5 Å². The van der Waals surface area contributed by atoms with Gasteiger partial charge < -0.3 is 4.72 Å². The number of anilines is 1. The van der Waals surface area contributed by atoms with E-state index < -0.39 is 4.92 Å². The van der Waals surface area contributed by atoms with E-state index in [1.165, 1.54) is 18.0 Å². The zero-order chi connectivity index (χ0) is 12.1. The smallest absolute Gasteiger partial charge is 0.270 e. The fourth-order valence-corrected chi connectivity index (χ4v) is 1.98. The van der Waals surface area contributed by atoms with Crippen molar-refractivity contribution in [1.29, 1.82) is 0 Å². The van der Waals surface area contributed by atoms with Crippen molar-refractivity contribution < 1.29 is 4.92 Å². The molecule has 0 aromatic heterocycles. The van der Waals surface area contributed by atoms with Crippen LogP contribution in [0.1, 0.15) is 0 Å². The Morgan fingerprint density at radius 1 is 1.06 bits per heavy atom. The predicted molar refractivity (Wildman–Crippen MR) is 69.0 cm³/mol. The fraction of sp³-hybridized carbons (Fsp3) is 0. The summed E-state index contributed by atoms with van der Waals surface area (Å²) >= 11 is 1.35. The molecule has 0 saturated heterocycles. The van der Waals surface area contributed by atoms with Crippen LogP contribution in [0.5, 0.6) is 0 Å². The van der Waals surface area contributed by atoms with Gasteiger partial charge in [0, 0.05) is 22.7 Å². The number of benzene rings is 2. The molecule has 0 aliphatic carbocycles. The molecule has 0 spiro atoms. The Morgan fingerprint density at radius 3 is 2.53 bits per heavy atom. The second kappa shape index (κ2) is 5.36. The Labute approximate surface area is 103 Å². The highest BCUT2D eigenvalue weighted by Gasteiger charge is 2.05. The molecule has 0 radical (unpaired) electrons. The highest BCUT2D eigenvalue weighted by Crippen LogP contribution is 2.24. The summed E-state index contributed by atoms with van der Waals surface area (Å²) in [5.74, 6) is 0. The van der Waals surface area contributed by atoms with Crippen LogP contribution in [0.3, 0.4) is 0 Å². The van der Waals surface area contributed by atoms with Crippen LogP contribution in [0.25, 0.3) is 0 Å². The highest BCUT2D eigenvalue weighted by molar-refractivity contribution is 8.00. The maximum absolute atomic E-state index is 10.6. The average molecular weight is 246 g/mol. The zero-order valence-corrected chi connectivity index (χ0v) is 9.68. The first-order valence-electron chi connectivity index (χ1n) is 4.98. The summed E-state index contributed by atoms with van der Waals surface area (Å²) in [6.07, 6.45) is 0. The molecule has 0 heterocycles. The summed E-state index contributed by atoms with van der Waals surface area (Å²) in [7, 11) is 0. The SMILES string of the molecule is O=[N+]([O-])c1cccc(SNc2ccccc2)c1. The molecule has 0 atom stereocenters. The van der Waals surface area contributed by atoms with Crippen molar-refractivity contribution in [2.75, 3.05) is 4.72 Å². The van der Waals surface area contributed by atoms with Gasteiger partial charge >= 0.3 is 0 Å². The molecular weight excluding hydrogens is 236 g/mol. The van der Waals surface area contributed by atoms with Gasteiger partial charge in [0.15, 0.2) is 0 Å². The van der Waals surface area contributed by atoms with E-state index in [-0.39, 0.29) is 5.69 Å². The van der Waals surface area contributed by atoms with Gasteiger partial charge in [0.05, 0.1) is 4.92 Å². The third-order valence-electron chi connectivity index (χ3n) is 2.09. The first kappa shape index (κ1) is 11.5. The molecule has 2 aromatic carbocycles. The van der Waals surface area contributed by atoms with Crippen LogP contribution in [0.2, 0.25) is 0 Å². The molecule has 17 heavy (non-hydrogen) atoms. The second-order valence-corrected chi connectivity index (χ2v) is 4.20. The monoisotopic (exact) mass is 246 g/mol. The van der Waals surface area contributed by atoms with Gasteiger partial charge in [0.2, 0.25) is 0 Å². The molecule has 2 aromatic rings. The van der Waals surface area contributed by atoms with Crippen LogP contribution in [-0.4, -0.2) is 4.92 Å². The molecule has 1 N–H and O–H groups in total. The lowest BCUT2D eigenvalue weighted by Gasteiger charge is -2.04. The summed E-state index contributed by atoms with van der Waals surface area (Å²) in [6.45, 7) is 0. The van der Waals surface area contributed by atoms with E-state index in [1.54, 1.807) is 12.1 Å². The molecule has 0 bridgehead atoms.